The van der Waals surface area contributed by atoms with Crippen molar-refractivity contribution in [1.82, 2.24) is 0 Å². The van der Waals surface area contributed by atoms with Gasteiger partial charge in [0.25, 0.3) is 0 Å². The van der Waals surface area contributed by atoms with Crippen LogP contribution >= 0.6 is 7.14 Å². The maximum atomic E-state index is 11.7. The van der Waals surface area contributed by atoms with Crippen LogP contribution in [0.1, 0.15) is 32.1 Å². The monoisotopic (exact) mass is 176 g/mol. The molecule has 0 aliphatic heterocycles. The van der Waals surface area contributed by atoms with E-state index >= 15 is 0 Å². The topological polar surface area (TPSA) is 37.3 Å². The van der Waals surface area contributed by atoms with E-state index in [9.17, 15) is 4.57 Å². The van der Waals surface area contributed by atoms with Crippen LogP contribution in [0.15, 0.2) is 0 Å². The van der Waals surface area contributed by atoms with Crippen molar-refractivity contribution >= 4 is 7.14 Å². The van der Waals surface area contributed by atoms with Gasteiger partial charge in [-0.1, -0.05) is 19.3 Å². The Kier molecular flexibility index (Phi) is 3.15. The summed E-state index contributed by atoms with van der Waals surface area (Å²) in [4.78, 5) is 0. The lowest BCUT2D eigenvalue weighted by atomic mass is 10.0. The maximum Gasteiger partial charge on any atom is 0.112 e. The van der Waals surface area contributed by atoms with Gasteiger partial charge < -0.3 is 9.67 Å². The van der Waals surface area contributed by atoms with E-state index < -0.39 is 7.14 Å². The van der Waals surface area contributed by atoms with Gasteiger partial charge in [-0.3, -0.25) is 0 Å². The number of aliphatic hydroxyl groups excluding tert-OH is 1. The normalized spacial score (nSPS) is 26.4. The molecule has 1 atom stereocenters. The van der Waals surface area contributed by atoms with Crippen LogP contribution in [0, 0.1) is 0 Å². The Balaban J connectivity index is 2.51. The van der Waals surface area contributed by atoms with Crippen molar-refractivity contribution in [2.75, 3.05) is 13.0 Å². The van der Waals surface area contributed by atoms with Crippen molar-refractivity contribution in [3.8, 4) is 0 Å². The van der Waals surface area contributed by atoms with Crippen LogP contribution in [0.2, 0.25) is 0 Å². The fourth-order valence-electron chi connectivity index (χ4n) is 1.74. The smallest absolute Gasteiger partial charge is 0.112 e. The fraction of sp³-hybridized carbons (Fsp3) is 1.00. The third kappa shape index (κ3) is 2.31. The Bertz CT molecular complexity index is 161. The van der Waals surface area contributed by atoms with Gasteiger partial charge in [0.1, 0.15) is 7.14 Å². The molecule has 66 valence electrons. The molecule has 0 aromatic rings. The predicted octanol–water partition coefficient (Wildman–Crippen LogP) is 2.26. The van der Waals surface area contributed by atoms with Gasteiger partial charge in [-0.15, -0.1) is 0 Å². The molecule has 3 heteroatoms. The summed E-state index contributed by atoms with van der Waals surface area (Å²) in [7, 11) is -2.19. The zero-order valence-electron chi connectivity index (χ0n) is 7.12. The van der Waals surface area contributed by atoms with Crippen molar-refractivity contribution in [3.63, 3.8) is 0 Å². The fourth-order valence-corrected chi connectivity index (χ4v) is 3.43. The lowest BCUT2D eigenvalue weighted by Crippen LogP contribution is -2.14. The quantitative estimate of drug-likeness (QED) is 0.655. The highest BCUT2D eigenvalue weighted by atomic mass is 31.2. The number of aliphatic hydroxyl groups is 1. The molecule has 1 aliphatic carbocycles. The van der Waals surface area contributed by atoms with Crippen LogP contribution in [0.25, 0.3) is 0 Å². The molecule has 1 aliphatic rings. The lowest BCUT2D eigenvalue weighted by Gasteiger charge is -2.26. The minimum atomic E-state index is -2.19. The lowest BCUT2D eigenvalue weighted by molar-refractivity contribution is 0.352. The van der Waals surface area contributed by atoms with Gasteiger partial charge in [0.15, 0.2) is 0 Å². The molecular formula is C8H17O2P. The SMILES string of the molecule is CP(=O)(CO)C1CCCCC1. The Morgan fingerprint density at radius 2 is 1.91 bits per heavy atom. The second kappa shape index (κ2) is 3.73. The van der Waals surface area contributed by atoms with Crippen molar-refractivity contribution in [3.05, 3.63) is 0 Å². The van der Waals surface area contributed by atoms with Crippen LogP contribution < -0.4 is 0 Å². The first-order valence-corrected chi connectivity index (χ1v) is 6.75. The van der Waals surface area contributed by atoms with Crippen LogP contribution in [0.4, 0.5) is 0 Å². The summed E-state index contributed by atoms with van der Waals surface area (Å²) in [5.41, 5.74) is 0.321. The molecule has 0 aromatic carbocycles. The van der Waals surface area contributed by atoms with Crippen molar-refractivity contribution in [2.45, 2.75) is 37.8 Å². The summed E-state index contributed by atoms with van der Waals surface area (Å²) >= 11 is 0. The average molecular weight is 176 g/mol. The minimum Gasteiger partial charge on any atom is -0.389 e. The maximum absolute atomic E-state index is 11.7. The van der Waals surface area contributed by atoms with Crippen LogP contribution in [-0.4, -0.2) is 23.8 Å². The Labute approximate surface area is 68.4 Å². The van der Waals surface area contributed by atoms with E-state index in [4.69, 9.17) is 5.11 Å². The Hall–Kier alpha value is 0.190. The standard InChI is InChI=1S/C8H17O2P/c1-11(10,7-9)8-5-3-2-4-6-8/h8-9H,2-7H2,1H3. The summed E-state index contributed by atoms with van der Waals surface area (Å²) in [5.74, 6) is 0. The first kappa shape index (κ1) is 9.28. The summed E-state index contributed by atoms with van der Waals surface area (Å²) in [6, 6.07) is 0. The molecule has 1 unspecified atom stereocenters. The van der Waals surface area contributed by atoms with Gasteiger partial charge in [-0.2, -0.15) is 0 Å². The third-order valence-electron chi connectivity index (χ3n) is 2.63. The molecule has 0 amide bonds. The predicted molar refractivity (Wildman–Crippen MR) is 47.5 cm³/mol. The van der Waals surface area contributed by atoms with Crippen LogP contribution in [0.3, 0.4) is 0 Å². The van der Waals surface area contributed by atoms with Gasteiger partial charge in [0, 0.05) is 5.66 Å². The third-order valence-corrected chi connectivity index (χ3v) is 5.25. The molecular weight excluding hydrogens is 159 g/mol. The van der Waals surface area contributed by atoms with Crippen molar-refractivity contribution in [2.24, 2.45) is 0 Å². The highest BCUT2D eigenvalue weighted by Crippen LogP contribution is 2.51. The van der Waals surface area contributed by atoms with E-state index in [0.717, 1.165) is 12.8 Å². The second-order valence-corrected chi connectivity index (χ2v) is 6.97. The molecule has 2 nitrogen and oxygen atoms in total. The van der Waals surface area contributed by atoms with Crippen molar-refractivity contribution in [1.29, 1.82) is 0 Å². The minimum absolute atomic E-state index is 0.0995. The number of rotatable bonds is 2. The highest BCUT2D eigenvalue weighted by molar-refractivity contribution is 7.63. The van der Waals surface area contributed by atoms with E-state index in [-0.39, 0.29) is 6.35 Å². The van der Waals surface area contributed by atoms with Crippen molar-refractivity contribution < 1.29 is 9.67 Å². The van der Waals surface area contributed by atoms with Gasteiger partial charge >= 0.3 is 0 Å². The number of hydrogen-bond donors (Lipinski definition) is 1. The van der Waals surface area contributed by atoms with Gasteiger partial charge in [0.2, 0.25) is 0 Å². The molecule has 1 fully saturated rings. The zero-order valence-corrected chi connectivity index (χ0v) is 8.02. The molecule has 11 heavy (non-hydrogen) atoms. The summed E-state index contributed by atoms with van der Waals surface area (Å²) in [6.45, 7) is 1.74. The van der Waals surface area contributed by atoms with Gasteiger partial charge in [-0.25, -0.2) is 0 Å². The van der Waals surface area contributed by atoms with E-state index in [2.05, 4.69) is 0 Å². The summed E-state index contributed by atoms with van der Waals surface area (Å²) in [6.07, 6.45) is 5.70. The molecule has 0 aromatic heterocycles. The Morgan fingerprint density at radius 3 is 2.36 bits per heavy atom. The number of hydrogen-bond acceptors (Lipinski definition) is 2. The van der Waals surface area contributed by atoms with E-state index in [0.29, 0.717) is 5.66 Å². The second-order valence-electron chi connectivity index (χ2n) is 3.61. The molecule has 1 N–H and O–H groups in total. The summed E-state index contributed by atoms with van der Waals surface area (Å²) in [5, 5.41) is 8.88. The van der Waals surface area contributed by atoms with E-state index in [1.807, 2.05) is 0 Å². The molecule has 0 radical (unpaired) electrons. The largest absolute Gasteiger partial charge is 0.389 e. The van der Waals surface area contributed by atoms with Gasteiger partial charge in [0.05, 0.1) is 6.35 Å². The highest BCUT2D eigenvalue weighted by Gasteiger charge is 2.28. The van der Waals surface area contributed by atoms with Crippen LogP contribution in [-0.2, 0) is 4.57 Å². The summed E-state index contributed by atoms with van der Waals surface area (Å²) < 4.78 is 11.7. The molecule has 1 rings (SSSR count). The average Bonchev–Trinajstić information content (AvgIpc) is 2.06. The Morgan fingerprint density at radius 1 is 1.36 bits per heavy atom. The molecule has 0 saturated heterocycles. The zero-order chi connectivity index (χ0) is 8.32. The molecule has 0 spiro atoms. The van der Waals surface area contributed by atoms with E-state index in [1.165, 1.54) is 19.3 Å². The first-order chi connectivity index (χ1) is 5.17. The van der Waals surface area contributed by atoms with Crippen LogP contribution in [0.5, 0.6) is 0 Å². The molecule has 0 heterocycles. The van der Waals surface area contributed by atoms with Gasteiger partial charge in [-0.05, 0) is 19.5 Å². The molecule has 0 bridgehead atoms. The molecule has 1 saturated carbocycles. The first-order valence-electron chi connectivity index (χ1n) is 4.34. The van der Waals surface area contributed by atoms with E-state index in [1.54, 1.807) is 6.66 Å².